The number of rotatable bonds is 6. The number of carbonyl (C=O) groups excluding carboxylic acids is 3. The minimum Gasteiger partial charge on any atom is -0.366 e. The topological polar surface area (TPSA) is 159 Å². The minimum atomic E-state index is -4.56. The van der Waals surface area contributed by atoms with Crippen LogP contribution in [0, 0.1) is 0 Å². The zero-order valence-electron chi connectivity index (χ0n) is 20.8. The van der Waals surface area contributed by atoms with E-state index in [1.165, 1.54) is 18.2 Å². The second-order valence-corrected chi connectivity index (χ2v) is 9.16. The van der Waals surface area contributed by atoms with Crippen LogP contribution in [0.5, 0.6) is 0 Å². The van der Waals surface area contributed by atoms with E-state index in [4.69, 9.17) is 5.73 Å². The Morgan fingerprint density at radius 1 is 0.975 bits per heavy atom. The normalized spacial score (nSPS) is 14.2. The van der Waals surface area contributed by atoms with E-state index in [1.54, 1.807) is 29.2 Å². The Bertz CT molecular complexity index is 1580. The van der Waals surface area contributed by atoms with Gasteiger partial charge >= 0.3 is 6.18 Å². The number of anilines is 2. The molecule has 206 valence electrons. The van der Waals surface area contributed by atoms with Gasteiger partial charge in [-0.2, -0.15) is 13.2 Å². The van der Waals surface area contributed by atoms with Crippen LogP contribution in [-0.2, 0) is 6.18 Å². The molecule has 5 N–H and O–H groups in total. The van der Waals surface area contributed by atoms with Gasteiger partial charge in [-0.1, -0.05) is 6.07 Å². The highest BCUT2D eigenvalue weighted by atomic mass is 19.4. The third-order valence-electron chi connectivity index (χ3n) is 6.47. The van der Waals surface area contributed by atoms with Gasteiger partial charge in [0, 0.05) is 36.5 Å². The summed E-state index contributed by atoms with van der Waals surface area (Å²) in [7, 11) is 0. The summed E-state index contributed by atoms with van der Waals surface area (Å²) in [5, 5.41) is 5.54. The fourth-order valence-electron chi connectivity index (χ4n) is 4.41. The molecule has 40 heavy (non-hydrogen) atoms. The highest BCUT2D eigenvalue weighted by Crippen LogP contribution is 2.28. The average Bonchev–Trinajstić information content (AvgIpc) is 3.35. The van der Waals surface area contributed by atoms with Gasteiger partial charge in [0.1, 0.15) is 11.2 Å². The van der Waals surface area contributed by atoms with E-state index in [2.05, 4.69) is 30.6 Å². The fraction of sp³-hybridized carbons (Fsp3) is 0.231. The molecule has 0 radical (unpaired) electrons. The second kappa shape index (κ2) is 10.6. The highest BCUT2D eigenvalue weighted by Gasteiger charge is 2.33. The molecule has 1 aliphatic rings. The van der Waals surface area contributed by atoms with Gasteiger partial charge in [0.2, 0.25) is 11.9 Å². The van der Waals surface area contributed by atoms with E-state index in [0.717, 1.165) is 12.3 Å². The number of piperidine rings is 1. The van der Waals surface area contributed by atoms with E-state index in [9.17, 15) is 27.6 Å². The summed E-state index contributed by atoms with van der Waals surface area (Å²) in [5.41, 5.74) is 6.13. The van der Waals surface area contributed by atoms with E-state index >= 15 is 0 Å². The molecule has 2 aromatic heterocycles. The predicted molar refractivity (Wildman–Crippen MR) is 139 cm³/mol. The molecule has 0 aliphatic carbocycles. The van der Waals surface area contributed by atoms with Crippen molar-refractivity contribution in [1.82, 2.24) is 24.8 Å². The Morgan fingerprint density at radius 3 is 2.35 bits per heavy atom. The number of aromatic amines is 1. The number of carbonyl (C=O) groups is 3. The van der Waals surface area contributed by atoms with Crippen LogP contribution in [0.15, 0.2) is 54.7 Å². The molecule has 11 nitrogen and oxygen atoms in total. The van der Waals surface area contributed by atoms with Crippen molar-refractivity contribution >= 4 is 40.7 Å². The third kappa shape index (κ3) is 5.70. The molecule has 1 aliphatic heterocycles. The first-order valence-electron chi connectivity index (χ1n) is 12.2. The molecule has 1 fully saturated rings. The average molecular weight is 553 g/mol. The number of nitrogens with zero attached hydrogens (tertiary/aromatic N) is 4. The molecular formula is C26H23F3N8O3. The maximum atomic E-state index is 13.0. The van der Waals surface area contributed by atoms with Gasteiger partial charge in [0.05, 0.1) is 11.1 Å². The van der Waals surface area contributed by atoms with Crippen LogP contribution in [0.25, 0.3) is 11.0 Å². The van der Waals surface area contributed by atoms with Crippen LogP contribution in [0.2, 0.25) is 0 Å². The number of benzene rings is 2. The maximum Gasteiger partial charge on any atom is 0.433 e. The Balaban J connectivity index is 1.17. The Kier molecular flexibility index (Phi) is 7.07. The molecule has 0 spiro atoms. The molecule has 5 rings (SSSR count). The van der Waals surface area contributed by atoms with Crippen molar-refractivity contribution in [1.29, 1.82) is 0 Å². The fourth-order valence-corrected chi connectivity index (χ4v) is 4.41. The van der Waals surface area contributed by atoms with Crippen LogP contribution in [0.4, 0.5) is 25.1 Å². The number of alkyl halides is 3. The first-order chi connectivity index (χ1) is 19.1. The molecule has 1 saturated heterocycles. The molecule has 0 atom stereocenters. The molecular weight excluding hydrogens is 529 g/mol. The number of amides is 3. The minimum absolute atomic E-state index is 0.107. The Hall–Kier alpha value is -5.01. The number of aromatic nitrogens is 4. The molecule has 3 heterocycles. The van der Waals surface area contributed by atoms with Gasteiger partial charge in [-0.15, -0.1) is 0 Å². The van der Waals surface area contributed by atoms with Gasteiger partial charge in [0.15, 0.2) is 0 Å². The van der Waals surface area contributed by atoms with E-state index in [-0.39, 0.29) is 35.0 Å². The van der Waals surface area contributed by atoms with Gasteiger partial charge in [0.25, 0.3) is 17.7 Å². The molecule has 3 amide bonds. The molecule has 14 heteroatoms. The Morgan fingerprint density at radius 2 is 1.68 bits per heavy atom. The van der Waals surface area contributed by atoms with E-state index < -0.39 is 23.7 Å². The molecule has 2 aromatic carbocycles. The summed E-state index contributed by atoms with van der Waals surface area (Å²) >= 11 is 0. The predicted octanol–water partition coefficient (Wildman–Crippen LogP) is 3.44. The summed E-state index contributed by atoms with van der Waals surface area (Å²) in [6, 6.07) is 11.6. The van der Waals surface area contributed by atoms with Crippen LogP contribution < -0.4 is 16.4 Å². The highest BCUT2D eigenvalue weighted by molar-refractivity contribution is 6.07. The van der Waals surface area contributed by atoms with Gasteiger partial charge in [-0.3, -0.25) is 19.7 Å². The summed E-state index contributed by atoms with van der Waals surface area (Å²) in [6.07, 6.45) is -2.51. The van der Waals surface area contributed by atoms with Gasteiger partial charge < -0.3 is 20.9 Å². The second-order valence-electron chi connectivity index (χ2n) is 9.16. The number of primary amides is 1. The van der Waals surface area contributed by atoms with Crippen molar-refractivity contribution in [3.63, 3.8) is 0 Å². The van der Waals surface area contributed by atoms with Crippen LogP contribution in [0.3, 0.4) is 0 Å². The van der Waals surface area contributed by atoms with Gasteiger partial charge in [-0.25, -0.2) is 15.0 Å². The van der Waals surface area contributed by atoms with Crippen LogP contribution >= 0.6 is 0 Å². The first-order valence-corrected chi connectivity index (χ1v) is 12.2. The molecule has 0 unspecified atom stereocenters. The lowest BCUT2D eigenvalue weighted by atomic mass is 10.0. The zero-order chi connectivity index (χ0) is 28.4. The standard InChI is InChI=1S/C26H23F3N8O3/c27-26(28,29)19-8-11-31-24(34-19)32-16-9-12-37(13-10-16)23(40)15-6-4-14(5-7-15)22(39)36-25-33-18-3-1-2-17(21(30)38)20(18)35-25/h1-8,11,16H,9-10,12-13H2,(H2,30,38)(H,31,32,34)(H2,33,35,36,39). The van der Waals surface area contributed by atoms with Crippen molar-refractivity contribution in [3.8, 4) is 0 Å². The summed E-state index contributed by atoms with van der Waals surface area (Å²) < 4.78 is 38.7. The first kappa shape index (κ1) is 26.6. The summed E-state index contributed by atoms with van der Waals surface area (Å²) in [6.45, 7) is 0.772. The third-order valence-corrected chi connectivity index (χ3v) is 6.47. The van der Waals surface area contributed by atoms with Gasteiger partial charge in [-0.05, 0) is 55.3 Å². The zero-order valence-corrected chi connectivity index (χ0v) is 20.8. The van der Waals surface area contributed by atoms with Crippen molar-refractivity contribution in [3.05, 3.63) is 77.1 Å². The lowest BCUT2D eigenvalue weighted by Crippen LogP contribution is -2.42. The maximum absolute atomic E-state index is 13.0. The number of fused-ring (bicyclic) bond motifs is 1. The number of nitrogens with two attached hydrogens (primary N) is 1. The number of hydrogen-bond donors (Lipinski definition) is 4. The molecule has 0 bridgehead atoms. The van der Waals surface area contributed by atoms with E-state index in [0.29, 0.717) is 42.5 Å². The lowest BCUT2D eigenvalue weighted by molar-refractivity contribution is -0.141. The Labute approximate surface area is 225 Å². The smallest absolute Gasteiger partial charge is 0.366 e. The number of halogens is 3. The van der Waals surface area contributed by atoms with Crippen LogP contribution in [0.1, 0.15) is 49.6 Å². The lowest BCUT2D eigenvalue weighted by Gasteiger charge is -2.32. The van der Waals surface area contributed by atoms with Crippen LogP contribution in [-0.4, -0.2) is 61.7 Å². The molecule has 4 aromatic rings. The summed E-state index contributed by atoms with van der Waals surface area (Å²) in [5.74, 6) is -1.30. The quantitative estimate of drug-likeness (QED) is 0.285. The van der Waals surface area contributed by atoms with E-state index in [1.807, 2.05) is 0 Å². The van der Waals surface area contributed by atoms with Crippen molar-refractivity contribution in [2.24, 2.45) is 5.73 Å². The SMILES string of the molecule is NC(=O)c1cccc2[nH]c(NC(=O)c3ccc(C(=O)N4CCC(Nc5nccc(C(F)(F)F)n5)CC4)cc3)nc12. The van der Waals surface area contributed by atoms with Crippen molar-refractivity contribution in [2.45, 2.75) is 25.1 Å². The van der Waals surface area contributed by atoms with Crippen molar-refractivity contribution in [2.75, 3.05) is 23.7 Å². The monoisotopic (exact) mass is 552 g/mol. The van der Waals surface area contributed by atoms with Crippen molar-refractivity contribution < 1.29 is 27.6 Å². The summed E-state index contributed by atoms with van der Waals surface area (Å²) in [4.78, 5) is 53.5. The number of imidazole rings is 1. The molecule has 0 saturated carbocycles. The number of likely N-dealkylation sites (tertiary alicyclic amines) is 1. The largest absolute Gasteiger partial charge is 0.433 e. The number of para-hydroxylation sites is 1. The number of H-pyrrole nitrogens is 1. The number of nitrogens with one attached hydrogen (secondary N) is 3. The number of hydrogen-bond acceptors (Lipinski definition) is 7.